The molecule has 1 aromatic heterocycles. The van der Waals surface area contributed by atoms with Crippen LogP contribution in [0.25, 0.3) is 0 Å². The molecular formula is C17H21ClN4OS. The molecule has 1 aliphatic rings. The number of rotatable bonds is 3. The Hall–Kier alpha value is -1.66. The van der Waals surface area contributed by atoms with Gasteiger partial charge in [-0.25, -0.2) is 4.98 Å². The standard InChI is InChI=1S/C17H21ClN4OS/c1-17(2,3)15-19-16(24-20-15)21(4)13-9-10-22(14(13)23)12-8-6-5-7-11(12)18/h5-8,13H,9-10H2,1-4H3. The largest absolute Gasteiger partial charge is 0.338 e. The third-order valence-corrected chi connectivity index (χ3v) is 5.30. The maximum Gasteiger partial charge on any atom is 0.249 e. The molecule has 1 amide bonds. The van der Waals surface area contributed by atoms with Gasteiger partial charge in [0.15, 0.2) is 0 Å². The summed E-state index contributed by atoms with van der Waals surface area (Å²) < 4.78 is 4.44. The molecule has 0 N–H and O–H groups in total. The van der Waals surface area contributed by atoms with Gasteiger partial charge in [0.05, 0.1) is 10.7 Å². The Morgan fingerprint density at radius 1 is 1.33 bits per heavy atom. The molecule has 1 atom stereocenters. The molecule has 1 unspecified atom stereocenters. The van der Waals surface area contributed by atoms with Crippen LogP contribution in [-0.2, 0) is 10.2 Å². The van der Waals surface area contributed by atoms with Gasteiger partial charge in [-0.1, -0.05) is 44.5 Å². The molecule has 0 bridgehead atoms. The van der Waals surface area contributed by atoms with Crippen molar-refractivity contribution in [3.63, 3.8) is 0 Å². The van der Waals surface area contributed by atoms with Gasteiger partial charge in [-0.3, -0.25) is 4.79 Å². The molecule has 3 rings (SSSR count). The summed E-state index contributed by atoms with van der Waals surface area (Å²) in [6.45, 7) is 6.90. The van der Waals surface area contributed by atoms with E-state index in [1.165, 1.54) is 11.5 Å². The van der Waals surface area contributed by atoms with Crippen molar-refractivity contribution in [1.29, 1.82) is 0 Å². The van der Waals surface area contributed by atoms with Crippen molar-refractivity contribution in [2.24, 2.45) is 0 Å². The Bertz CT molecular complexity index is 755. The molecule has 7 heteroatoms. The molecule has 128 valence electrons. The summed E-state index contributed by atoms with van der Waals surface area (Å²) in [5.41, 5.74) is 0.673. The molecule has 24 heavy (non-hydrogen) atoms. The summed E-state index contributed by atoms with van der Waals surface area (Å²) >= 11 is 7.58. The minimum absolute atomic E-state index is 0.0538. The third-order valence-electron chi connectivity index (χ3n) is 4.18. The fourth-order valence-corrected chi connectivity index (χ4v) is 3.83. The molecule has 0 saturated carbocycles. The number of hydrogen-bond acceptors (Lipinski definition) is 5. The van der Waals surface area contributed by atoms with E-state index in [1.807, 2.05) is 36.2 Å². The van der Waals surface area contributed by atoms with Gasteiger partial charge >= 0.3 is 0 Å². The van der Waals surface area contributed by atoms with Crippen LogP contribution in [0.1, 0.15) is 33.0 Å². The van der Waals surface area contributed by atoms with Gasteiger partial charge in [0, 0.05) is 30.5 Å². The fraction of sp³-hybridized carbons (Fsp3) is 0.471. The number of anilines is 2. The van der Waals surface area contributed by atoms with Crippen molar-refractivity contribution in [1.82, 2.24) is 9.36 Å². The first kappa shape index (κ1) is 17.2. The highest BCUT2D eigenvalue weighted by atomic mass is 35.5. The van der Waals surface area contributed by atoms with E-state index in [-0.39, 0.29) is 17.4 Å². The minimum atomic E-state index is -0.234. The fourth-order valence-electron chi connectivity index (χ4n) is 2.73. The van der Waals surface area contributed by atoms with Crippen molar-refractivity contribution in [3.05, 3.63) is 35.1 Å². The van der Waals surface area contributed by atoms with Crippen LogP contribution < -0.4 is 9.80 Å². The van der Waals surface area contributed by atoms with E-state index in [2.05, 4.69) is 30.1 Å². The molecule has 1 aromatic carbocycles. The van der Waals surface area contributed by atoms with E-state index in [0.717, 1.165) is 23.1 Å². The zero-order chi connectivity index (χ0) is 17.5. The average Bonchev–Trinajstić information content (AvgIpc) is 3.14. The van der Waals surface area contributed by atoms with Crippen LogP contribution in [0.4, 0.5) is 10.8 Å². The van der Waals surface area contributed by atoms with Crippen molar-refractivity contribution in [3.8, 4) is 0 Å². The number of halogens is 1. The van der Waals surface area contributed by atoms with Crippen molar-refractivity contribution in [2.75, 3.05) is 23.4 Å². The van der Waals surface area contributed by atoms with Crippen molar-refractivity contribution in [2.45, 2.75) is 38.6 Å². The quantitative estimate of drug-likeness (QED) is 0.832. The van der Waals surface area contributed by atoms with Gasteiger partial charge in [-0.2, -0.15) is 4.37 Å². The van der Waals surface area contributed by atoms with E-state index < -0.39 is 0 Å². The van der Waals surface area contributed by atoms with Crippen LogP contribution in [0.3, 0.4) is 0 Å². The van der Waals surface area contributed by atoms with Crippen LogP contribution in [0.2, 0.25) is 5.02 Å². The lowest BCUT2D eigenvalue weighted by molar-refractivity contribution is -0.118. The van der Waals surface area contributed by atoms with Gasteiger partial charge in [-0.05, 0) is 18.6 Å². The Balaban J connectivity index is 1.80. The molecule has 1 saturated heterocycles. The minimum Gasteiger partial charge on any atom is -0.338 e. The third kappa shape index (κ3) is 3.13. The second kappa shape index (κ2) is 6.33. The summed E-state index contributed by atoms with van der Waals surface area (Å²) in [7, 11) is 1.91. The SMILES string of the molecule is CN(c1nc(C(C)(C)C)ns1)C1CCN(c2ccccc2Cl)C1=O. The zero-order valence-corrected chi connectivity index (χ0v) is 15.9. The maximum atomic E-state index is 12.9. The predicted octanol–water partition coefficient (Wildman–Crippen LogP) is 3.73. The topological polar surface area (TPSA) is 49.3 Å². The number of hydrogen-bond donors (Lipinski definition) is 0. The number of amides is 1. The summed E-state index contributed by atoms with van der Waals surface area (Å²) in [4.78, 5) is 21.2. The van der Waals surface area contributed by atoms with Crippen molar-refractivity contribution >= 4 is 39.9 Å². The normalized spacial score (nSPS) is 18.3. The number of carbonyl (C=O) groups is 1. The van der Waals surface area contributed by atoms with E-state index in [0.29, 0.717) is 11.6 Å². The van der Waals surface area contributed by atoms with E-state index in [1.54, 1.807) is 4.90 Å². The molecule has 0 aliphatic carbocycles. The monoisotopic (exact) mass is 364 g/mol. The van der Waals surface area contributed by atoms with Gasteiger partial charge in [0.25, 0.3) is 0 Å². The van der Waals surface area contributed by atoms with Gasteiger partial charge in [-0.15, -0.1) is 0 Å². The zero-order valence-electron chi connectivity index (χ0n) is 14.3. The summed E-state index contributed by atoms with van der Waals surface area (Å²) in [5, 5.41) is 1.37. The van der Waals surface area contributed by atoms with E-state index in [4.69, 9.17) is 11.6 Å². The van der Waals surface area contributed by atoms with E-state index >= 15 is 0 Å². The average molecular weight is 365 g/mol. The molecular weight excluding hydrogens is 344 g/mol. The maximum absolute atomic E-state index is 12.9. The van der Waals surface area contributed by atoms with Crippen molar-refractivity contribution < 1.29 is 4.79 Å². The number of nitrogens with zero attached hydrogens (tertiary/aromatic N) is 4. The number of likely N-dealkylation sites (N-methyl/N-ethyl adjacent to an activating group) is 1. The predicted molar refractivity (Wildman–Crippen MR) is 99.2 cm³/mol. The lowest BCUT2D eigenvalue weighted by Crippen LogP contribution is -2.39. The number of aromatic nitrogens is 2. The number of carbonyl (C=O) groups excluding carboxylic acids is 1. The summed E-state index contributed by atoms with van der Waals surface area (Å²) in [5.74, 6) is 0.862. The Morgan fingerprint density at radius 2 is 2.04 bits per heavy atom. The Kier molecular flexibility index (Phi) is 4.53. The summed E-state index contributed by atoms with van der Waals surface area (Å²) in [6, 6.07) is 7.21. The van der Waals surface area contributed by atoms with Gasteiger partial charge in [0.1, 0.15) is 11.9 Å². The van der Waals surface area contributed by atoms with Gasteiger partial charge in [0.2, 0.25) is 11.0 Å². The number of para-hydroxylation sites is 1. The number of benzene rings is 1. The van der Waals surface area contributed by atoms with Crippen LogP contribution in [0, 0.1) is 0 Å². The molecule has 0 radical (unpaired) electrons. The summed E-state index contributed by atoms with van der Waals surface area (Å²) in [6.07, 6.45) is 0.741. The van der Waals surface area contributed by atoms with E-state index in [9.17, 15) is 4.79 Å². The van der Waals surface area contributed by atoms with Gasteiger partial charge < -0.3 is 9.80 Å². The van der Waals surface area contributed by atoms with Crippen LogP contribution in [-0.4, -0.2) is 34.9 Å². The Morgan fingerprint density at radius 3 is 2.67 bits per heavy atom. The highest BCUT2D eigenvalue weighted by Gasteiger charge is 2.37. The second-order valence-corrected chi connectivity index (χ2v) is 8.14. The smallest absolute Gasteiger partial charge is 0.249 e. The van der Waals surface area contributed by atoms with Crippen LogP contribution in [0.15, 0.2) is 24.3 Å². The highest BCUT2D eigenvalue weighted by Crippen LogP contribution is 2.32. The molecule has 5 nitrogen and oxygen atoms in total. The molecule has 1 aliphatic heterocycles. The first-order chi connectivity index (χ1) is 11.3. The Labute approximate surface area is 151 Å². The molecule has 2 aromatic rings. The molecule has 2 heterocycles. The lowest BCUT2D eigenvalue weighted by Gasteiger charge is -2.23. The van der Waals surface area contributed by atoms with Crippen LogP contribution in [0.5, 0.6) is 0 Å². The first-order valence-corrected chi connectivity index (χ1v) is 9.07. The molecule has 1 fully saturated rings. The first-order valence-electron chi connectivity index (χ1n) is 7.92. The molecule has 0 spiro atoms. The highest BCUT2D eigenvalue weighted by molar-refractivity contribution is 7.09. The lowest BCUT2D eigenvalue weighted by atomic mass is 9.96. The van der Waals surface area contributed by atoms with Crippen LogP contribution >= 0.6 is 23.1 Å². The second-order valence-electron chi connectivity index (χ2n) is 7.01.